The van der Waals surface area contributed by atoms with Crippen molar-refractivity contribution in [3.8, 4) is 0 Å². The molecule has 2 N–H and O–H groups in total. The predicted octanol–water partition coefficient (Wildman–Crippen LogP) is 1.91. The molecule has 0 radical (unpaired) electrons. The normalized spacial score (nSPS) is 11.4. The first-order valence-electron chi connectivity index (χ1n) is 6.84. The number of hydrogen-bond acceptors (Lipinski definition) is 6. The fourth-order valence-electron chi connectivity index (χ4n) is 1.89. The molecule has 130 valence electrons. The third-order valence-corrected chi connectivity index (χ3v) is 4.45. The van der Waals surface area contributed by atoms with E-state index in [0.717, 1.165) is 6.07 Å². The number of nitrogens with zero attached hydrogens (tertiary/aromatic N) is 2. The zero-order valence-corrected chi connectivity index (χ0v) is 13.7. The number of nitro groups is 1. The van der Waals surface area contributed by atoms with Crippen LogP contribution in [0, 0.1) is 17.0 Å². The second kappa shape index (κ2) is 7.09. The van der Waals surface area contributed by atoms with Crippen LogP contribution in [0.25, 0.3) is 0 Å². The summed E-state index contributed by atoms with van der Waals surface area (Å²) >= 11 is 0. The second-order valence-electron chi connectivity index (χ2n) is 4.99. The highest BCUT2D eigenvalue weighted by molar-refractivity contribution is 7.89. The quantitative estimate of drug-likeness (QED) is 0.456. The van der Waals surface area contributed by atoms with Crippen molar-refractivity contribution in [1.29, 1.82) is 0 Å². The summed E-state index contributed by atoms with van der Waals surface area (Å²) in [6, 6.07) is 9.14. The summed E-state index contributed by atoms with van der Waals surface area (Å²) in [5.74, 6) is -1.08. The lowest BCUT2D eigenvalue weighted by Gasteiger charge is -2.04. The minimum Gasteiger partial charge on any atom is -0.478 e. The molecule has 9 nitrogen and oxygen atoms in total. The van der Waals surface area contributed by atoms with Gasteiger partial charge in [-0.15, -0.1) is 0 Å². The standard InChI is InChI=1S/C15H13N3O6S/c1-10-2-7-13(8-14(10)18(21)22)25(23,24)17-16-9-11-3-5-12(6-4-11)15(19)20/h2-9,17H,1H3,(H,19,20)/b16-9+. The predicted molar refractivity (Wildman–Crippen MR) is 89.2 cm³/mol. The average Bonchev–Trinajstić information content (AvgIpc) is 2.55. The van der Waals surface area contributed by atoms with Gasteiger partial charge in [-0.05, 0) is 30.7 Å². The molecule has 0 spiro atoms. The van der Waals surface area contributed by atoms with Crippen LogP contribution < -0.4 is 4.83 Å². The minimum atomic E-state index is -4.07. The molecule has 0 saturated carbocycles. The summed E-state index contributed by atoms with van der Waals surface area (Å²) < 4.78 is 24.3. The lowest BCUT2D eigenvalue weighted by atomic mass is 10.1. The Kier molecular flexibility index (Phi) is 5.13. The maximum Gasteiger partial charge on any atom is 0.335 e. The second-order valence-corrected chi connectivity index (χ2v) is 6.65. The molecule has 0 aliphatic heterocycles. The van der Waals surface area contributed by atoms with Crippen molar-refractivity contribution in [1.82, 2.24) is 4.83 Å². The summed E-state index contributed by atoms with van der Waals surface area (Å²) in [6.07, 6.45) is 1.19. The Labute approximate surface area is 142 Å². The van der Waals surface area contributed by atoms with E-state index in [1.165, 1.54) is 49.5 Å². The Balaban J connectivity index is 2.17. The lowest BCUT2D eigenvalue weighted by Crippen LogP contribution is -2.18. The number of sulfonamides is 1. The van der Waals surface area contributed by atoms with E-state index in [-0.39, 0.29) is 16.1 Å². The number of aromatic carboxylic acids is 1. The molecule has 0 aliphatic rings. The van der Waals surface area contributed by atoms with Crippen molar-refractivity contribution < 1.29 is 23.2 Å². The Morgan fingerprint density at radius 2 is 1.88 bits per heavy atom. The van der Waals surface area contributed by atoms with Crippen LogP contribution in [0.3, 0.4) is 0 Å². The molecule has 0 unspecified atom stereocenters. The molecule has 2 aromatic carbocycles. The van der Waals surface area contributed by atoms with Gasteiger partial charge in [0.05, 0.1) is 21.6 Å². The Bertz CT molecular complexity index is 952. The number of hydrogen-bond donors (Lipinski definition) is 2. The van der Waals surface area contributed by atoms with Gasteiger partial charge in [-0.3, -0.25) is 10.1 Å². The Morgan fingerprint density at radius 1 is 1.24 bits per heavy atom. The third-order valence-electron chi connectivity index (χ3n) is 3.23. The zero-order valence-electron chi connectivity index (χ0n) is 12.9. The summed E-state index contributed by atoms with van der Waals surface area (Å²) in [6.45, 7) is 1.50. The number of carboxylic acid groups (broad SMARTS) is 1. The maximum atomic E-state index is 12.1. The van der Waals surface area contributed by atoms with Crippen molar-refractivity contribution in [2.75, 3.05) is 0 Å². The molecule has 0 bridgehead atoms. The van der Waals surface area contributed by atoms with E-state index in [2.05, 4.69) is 5.10 Å². The summed E-state index contributed by atoms with van der Waals surface area (Å²) in [7, 11) is -4.07. The molecule has 0 aliphatic carbocycles. The van der Waals surface area contributed by atoms with Gasteiger partial charge in [0.2, 0.25) is 0 Å². The summed E-state index contributed by atoms with van der Waals surface area (Å²) in [4.78, 5) is 22.6. The molecule has 25 heavy (non-hydrogen) atoms. The fourth-order valence-corrected chi connectivity index (χ4v) is 2.70. The molecule has 2 aromatic rings. The van der Waals surface area contributed by atoms with Crippen LogP contribution in [-0.4, -0.2) is 30.6 Å². The highest BCUT2D eigenvalue weighted by atomic mass is 32.2. The lowest BCUT2D eigenvalue weighted by molar-refractivity contribution is -0.385. The largest absolute Gasteiger partial charge is 0.478 e. The Morgan fingerprint density at radius 3 is 2.44 bits per heavy atom. The van der Waals surface area contributed by atoms with Gasteiger partial charge >= 0.3 is 5.97 Å². The van der Waals surface area contributed by atoms with E-state index in [1.807, 2.05) is 4.83 Å². The van der Waals surface area contributed by atoms with E-state index in [1.54, 1.807) is 0 Å². The molecular weight excluding hydrogens is 350 g/mol. The van der Waals surface area contributed by atoms with E-state index < -0.39 is 20.9 Å². The molecular formula is C15H13N3O6S. The number of rotatable bonds is 6. The van der Waals surface area contributed by atoms with E-state index in [9.17, 15) is 23.3 Å². The first-order chi connectivity index (χ1) is 11.7. The van der Waals surface area contributed by atoms with Crippen molar-refractivity contribution in [3.05, 3.63) is 69.3 Å². The number of carbonyl (C=O) groups is 1. The number of hydrazone groups is 1. The number of nitro benzene ring substituents is 1. The first-order valence-corrected chi connectivity index (χ1v) is 8.32. The molecule has 0 atom stereocenters. The monoisotopic (exact) mass is 363 g/mol. The van der Waals surface area contributed by atoms with Gasteiger partial charge in [0.15, 0.2) is 0 Å². The number of aryl methyl sites for hydroxylation is 1. The van der Waals surface area contributed by atoms with Crippen molar-refractivity contribution in [2.24, 2.45) is 5.10 Å². The van der Waals surface area contributed by atoms with Gasteiger partial charge in [0, 0.05) is 11.6 Å². The molecule has 0 fully saturated rings. The van der Waals surface area contributed by atoms with Gasteiger partial charge < -0.3 is 5.11 Å². The zero-order chi connectivity index (χ0) is 18.6. The Hall–Kier alpha value is -3.27. The van der Waals surface area contributed by atoms with Crippen LogP contribution in [0.1, 0.15) is 21.5 Å². The molecule has 2 rings (SSSR count). The third kappa shape index (κ3) is 4.38. The van der Waals surface area contributed by atoms with Crippen LogP contribution in [0.15, 0.2) is 52.5 Å². The molecule has 0 aromatic heterocycles. The number of carboxylic acids is 1. The molecule has 0 heterocycles. The van der Waals surface area contributed by atoms with E-state index in [0.29, 0.717) is 11.1 Å². The smallest absolute Gasteiger partial charge is 0.335 e. The van der Waals surface area contributed by atoms with Crippen molar-refractivity contribution >= 4 is 27.9 Å². The molecule has 10 heteroatoms. The van der Waals surface area contributed by atoms with Gasteiger partial charge in [-0.25, -0.2) is 9.63 Å². The van der Waals surface area contributed by atoms with Crippen LogP contribution in [0.4, 0.5) is 5.69 Å². The van der Waals surface area contributed by atoms with Gasteiger partial charge in [0.25, 0.3) is 15.7 Å². The topological polar surface area (TPSA) is 139 Å². The minimum absolute atomic E-state index is 0.0877. The van der Waals surface area contributed by atoms with Crippen molar-refractivity contribution in [3.63, 3.8) is 0 Å². The van der Waals surface area contributed by atoms with Gasteiger partial charge in [0.1, 0.15) is 0 Å². The van der Waals surface area contributed by atoms with Crippen LogP contribution >= 0.6 is 0 Å². The van der Waals surface area contributed by atoms with E-state index in [4.69, 9.17) is 5.11 Å². The summed E-state index contributed by atoms with van der Waals surface area (Å²) in [5, 5.41) is 23.3. The van der Waals surface area contributed by atoms with E-state index >= 15 is 0 Å². The highest BCUT2D eigenvalue weighted by Crippen LogP contribution is 2.21. The maximum absolute atomic E-state index is 12.1. The van der Waals surface area contributed by atoms with Gasteiger partial charge in [-0.1, -0.05) is 18.2 Å². The first kappa shape index (κ1) is 18.1. The molecule has 0 saturated heterocycles. The van der Waals surface area contributed by atoms with Crippen molar-refractivity contribution in [2.45, 2.75) is 11.8 Å². The van der Waals surface area contributed by atoms with Gasteiger partial charge in [-0.2, -0.15) is 13.5 Å². The molecule has 0 amide bonds. The fraction of sp³-hybridized carbons (Fsp3) is 0.0667. The SMILES string of the molecule is Cc1ccc(S(=O)(=O)N/N=C/c2ccc(C(=O)O)cc2)cc1[N+](=O)[O-]. The van der Waals surface area contributed by atoms with Crippen LogP contribution in [-0.2, 0) is 10.0 Å². The number of nitrogens with one attached hydrogen (secondary N) is 1. The number of benzene rings is 2. The van der Waals surface area contributed by atoms with Crippen LogP contribution in [0.5, 0.6) is 0 Å². The highest BCUT2D eigenvalue weighted by Gasteiger charge is 2.19. The van der Waals surface area contributed by atoms with Crippen LogP contribution in [0.2, 0.25) is 0 Å². The average molecular weight is 363 g/mol. The summed E-state index contributed by atoms with van der Waals surface area (Å²) in [5.41, 5.74) is 0.592.